The quantitative estimate of drug-likeness (QED) is 0.177. The Labute approximate surface area is 288 Å². The first-order valence-corrected chi connectivity index (χ1v) is 16.2. The van der Waals surface area contributed by atoms with E-state index in [4.69, 9.17) is 13.1 Å². The molecule has 0 radical (unpaired) electrons. The number of benzene rings is 7. The van der Waals surface area contributed by atoms with Gasteiger partial charge in [-0.3, -0.25) is 0 Å². The Kier molecular flexibility index (Phi) is 6.56. The standard InChI is InChI=1S/C45H25N5/c1-47-39-24-21-31(27-37(39)35-12-5-8-17-43(35)50-41-15-6-3-10-33(41)34-11-4-7-16-42(34)50)30-19-22-32(23-20-30)49-44-25-18-29(28-46)26-38(44)36-13-9-14-40(48-2)45(36)49/h3-27H. The molecule has 2 aromatic heterocycles. The smallest absolute Gasteiger partial charge is 0.211 e. The first kappa shape index (κ1) is 28.8. The van der Waals surface area contributed by atoms with Gasteiger partial charge in [-0.05, 0) is 76.2 Å². The van der Waals surface area contributed by atoms with Gasteiger partial charge < -0.3 is 9.13 Å². The highest BCUT2D eigenvalue weighted by Crippen LogP contribution is 2.42. The third-order valence-electron chi connectivity index (χ3n) is 9.61. The fourth-order valence-corrected chi connectivity index (χ4v) is 7.39. The molecule has 230 valence electrons. The normalized spacial score (nSPS) is 11.1. The number of para-hydroxylation sites is 4. The van der Waals surface area contributed by atoms with Crippen LogP contribution in [0, 0.1) is 24.5 Å². The molecule has 0 saturated carbocycles. The number of fused-ring (bicyclic) bond motifs is 6. The fourth-order valence-electron chi connectivity index (χ4n) is 7.39. The van der Waals surface area contributed by atoms with E-state index in [0.717, 1.165) is 66.5 Å². The molecule has 0 fully saturated rings. The summed E-state index contributed by atoms with van der Waals surface area (Å²) in [6, 6.07) is 53.3. The summed E-state index contributed by atoms with van der Waals surface area (Å²) in [4.78, 5) is 7.80. The predicted octanol–water partition coefficient (Wildman–Crippen LogP) is 12.2. The van der Waals surface area contributed by atoms with E-state index in [1.54, 1.807) is 0 Å². The summed E-state index contributed by atoms with van der Waals surface area (Å²) in [5.41, 5.74) is 11.5. The van der Waals surface area contributed by atoms with Crippen LogP contribution in [0.25, 0.3) is 86.9 Å². The second-order valence-corrected chi connectivity index (χ2v) is 12.2. The zero-order valence-corrected chi connectivity index (χ0v) is 26.7. The van der Waals surface area contributed by atoms with Gasteiger partial charge in [0.05, 0.1) is 52.5 Å². The molecule has 5 heteroatoms. The Morgan fingerprint density at radius 1 is 0.480 bits per heavy atom. The van der Waals surface area contributed by atoms with Crippen LogP contribution in [0.2, 0.25) is 0 Å². The highest BCUT2D eigenvalue weighted by molar-refractivity contribution is 6.14. The third-order valence-corrected chi connectivity index (χ3v) is 9.61. The largest absolute Gasteiger partial charge is 0.319 e. The summed E-state index contributed by atoms with van der Waals surface area (Å²) >= 11 is 0. The van der Waals surface area contributed by atoms with E-state index in [1.807, 2.05) is 54.6 Å². The summed E-state index contributed by atoms with van der Waals surface area (Å²) in [5.74, 6) is 0. The van der Waals surface area contributed by atoms with Gasteiger partial charge >= 0.3 is 0 Å². The van der Waals surface area contributed by atoms with E-state index in [9.17, 15) is 5.26 Å². The molecule has 2 heterocycles. The van der Waals surface area contributed by atoms with E-state index in [2.05, 4.69) is 122 Å². The molecule has 5 nitrogen and oxygen atoms in total. The molecule has 0 amide bonds. The highest BCUT2D eigenvalue weighted by atomic mass is 15.0. The van der Waals surface area contributed by atoms with Crippen LogP contribution in [0.1, 0.15) is 5.56 Å². The minimum atomic E-state index is 0.558. The summed E-state index contributed by atoms with van der Waals surface area (Å²) in [5, 5.41) is 13.8. The van der Waals surface area contributed by atoms with Crippen molar-refractivity contribution in [2.45, 2.75) is 0 Å². The van der Waals surface area contributed by atoms with Crippen LogP contribution < -0.4 is 0 Å². The van der Waals surface area contributed by atoms with Crippen LogP contribution in [0.3, 0.4) is 0 Å². The molecule has 0 N–H and O–H groups in total. The van der Waals surface area contributed by atoms with Crippen LogP contribution in [0.4, 0.5) is 11.4 Å². The first-order chi connectivity index (χ1) is 24.7. The van der Waals surface area contributed by atoms with Crippen molar-refractivity contribution < 1.29 is 0 Å². The second kappa shape index (κ2) is 11.4. The first-order valence-electron chi connectivity index (χ1n) is 16.2. The average molecular weight is 636 g/mol. The molecular formula is C45H25N5. The molecule has 0 spiro atoms. The summed E-state index contributed by atoms with van der Waals surface area (Å²) in [6.07, 6.45) is 0. The lowest BCUT2D eigenvalue weighted by Crippen LogP contribution is -1.97. The number of nitriles is 1. The zero-order valence-electron chi connectivity index (χ0n) is 26.7. The van der Waals surface area contributed by atoms with E-state index >= 15 is 0 Å². The van der Waals surface area contributed by atoms with Crippen molar-refractivity contribution in [3.05, 3.63) is 180 Å². The van der Waals surface area contributed by atoms with Crippen molar-refractivity contribution in [1.29, 1.82) is 5.26 Å². The Bertz CT molecular complexity index is 2900. The van der Waals surface area contributed by atoms with Crippen molar-refractivity contribution in [1.82, 2.24) is 9.13 Å². The maximum atomic E-state index is 9.58. The van der Waals surface area contributed by atoms with E-state index < -0.39 is 0 Å². The summed E-state index contributed by atoms with van der Waals surface area (Å²) in [7, 11) is 0. The lowest BCUT2D eigenvalue weighted by Gasteiger charge is -2.16. The van der Waals surface area contributed by atoms with Gasteiger partial charge in [0.1, 0.15) is 0 Å². The van der Waals surface area contributed by atoms with E-state index in [0.29, 0.717) is 16.9 Å². The molecular weight excluding hydrogens is 611 g/mol. The SMILES string of the molecule is [C-]#[N+]c1ccc(-c2ccc(-n3c4ccc(C#N)cc4c4cccc([N+]#[C-])c43)cc2)cc1-c1ccccc1-n1c2ccccc2c2ccccc21. The minimum absolute atomic E-state index is 0.558. The van der Waals surface area contributed by atoms with E-state index in [-0.39, 0.29) is 0 Å². The molecule has 7 aromatic carbocycles. The Morgan fingerprint density at radius 3 is 1.84 bits per heavy atom. The Morgan fingerprint density at radius 2 is 1.12 bits per heavy atom. The van der Waals surface area contributed by atoms with Gasteiger partial charge in [0, 0.05) is 21.8 Å². The molecule has 0 bridgehead atoms. The molecule has 9 rings (SSSR count). The van der Waals surface area contributed by atoms with E-state index in [1.165, 1.54) is 10.8 Å². The molecule has 0 unspecified atom stereocenters. The van der Waals surface area contributed by atoms with Crippen LogP contribution >= 0.6 is 0 Å². The van der Waals surface area contributed by atoms with Crippen molar-refractivity contribution in [3.8, 4) is 39.7 Å². The maximum Gasteiger partial charge on any atom is 0.211 e. The molecule has 0 atom stereocenters. The maximum absolute atomic E-state index is 9.58. The van der Waals surface area contributed by atoms with Crippen LogP contribution in [-0.4, -0.2) is 9.13 Å². The van der Waals surface area contributed by atoms with Gasteiger partial charge in [-0.2, -0.15) is 5.26 Å². The summed E-state index contributed by atoms with van der Waals surface area (Å²) in [6.45, 7) is 16.0. The van der Waals surface area contributed by atoms with Gasteiger partial charge in [-0.25, -0.2) is 9.69 Å². The molecule has 9 aromatic rings. The number of hydrogen-bond donors (Lipinski definition) is 0. The molecule has 0 saturated heterocycles. The minimum Gasteiger partial charge on any atom is -0.319 e. The summed E-state index contributed by atoms with van der Waals surface area (Å²) < 4.78 is 4.41. The van der Waals surface area contributed by atoms with Gasteiger partial charge in [0.15, 0.2) is 5.69 Å². The molecule has 0 aliphatic rings. The van der Waals surface area contributed by atoms with Crippen LogP contribution in [0.5, 0.6) is 0 Å². The molecule has 50 heavy (non-hydrogen) atoms. The average Bonchev–Trinajstić information content (AvgIpc) is 3.70. The van der Waals surface area contributed by atoms with Gasteiger partial charge in [0.25, 0.3) is 0 Å². The Balaban J connectivity index is 1.19. The number of hydrogen-bond acceptors (Lipinski definition) is 1. The Hall–Kier alpha value is -7.39. The van der Waals surface area contributed by atoms with Crippen LogP contribution in [0.15, 0.2) is 152 Å². The fraction of sp³-hybridized carbons (Fsp3) is 0. The number of nitrogens with zero attached hydrogens (tertiary/aromatic N) is 5. The van der Waals surface area contributed by atoms with Crippen molar-refractivity contribution in [3.63, 3.8) is 0 Å². The van der Waals surface area contributed by atoms with Gasteiger partial charge in [-0.1, -0.05) is 103 Å². The number of aromatic nitrogens is 2. The number of rotatable bonds is 4. The highest BCUT2D eigenvalue weighted by Gasteiger charge is 2.19. The van der Waals surface area contributed by atoms with Crippen LogP contribution in [-0.2, 0) is 0 Å². The predicted molar refractivity (Wildman–Crippen MR) is 203 cm³/mol. The zero-order chi connectivity index (χ0) is 33.8. The van der Waals surface area contributed by atoms with Gasteiger partial charge in [0.2, 0.25) is 5.69 Å². The lowest BCUT2D eigenvalue weighted by atomic mass is 9.96. The van der Waals surface area contributed by atoms with Crippen molar-refractivity contribution in [2.75, 3.05) is 0 Å². The topological polar surface area (TPSA) is 42.4 Å². The molecule has 0 aliphatic heterocycles. The van der Waals surface area contributed by atoms with Crippen molar-refractivity contribution >= 4 is 55.0 Å². The molecule has 0 aliphatic carbocycles. The lowest BCUT2D eigenvalue weighted by molar-refractivity contribution is 1.18. The second-order valence-electron chi connectivity index (χ2n) is 12.2. The van der Waals surface area contributed by atoms with Gasteiger partial charge in [-0.15, -0.1) is 0 Å². The monoisotopic (exact) mass is 635 g/mol. The third kappa shape index (κ3) is 4.31. The van der Waals surface area contributed by atoms with Crippen molar-refractivity contribution in [2.24, 2.45) is 0 Å².